The summed E-state index contributed by atoms with van der Waals surface area (Å²) in [5, 5.41) is 9.92. The fourth-order valence-corrected chi connectivity index (χ4v) is 6.25. The summed E-state index contributed by atoms with van der Waals surface area (Å²) in [5.41, 5.74) is -0.457. The summed E-state index contributed by atoms with van der Waals surface area (Å²) in [4.78, 5) is 12.0. The van der Waals surface area contributed by atoms with E-state index in [-0.39, 0.29) is 0 Å². The van der Waals surface area contributed by atoms with Crippen molar-refractivity contribution in [3.05, 3.63) is 0 Å². The molecule has 0 amide bonds. The molecule has 5 fully saturated rings. The minimum atomic E-state index is -0.534. The maximum atomic E-state index is 12.0. The van der Waals surface area contributed by atoms with Crippen molar-refractivity contribution in [2.45, 2.75) is 44.9 Å². The van der Waals surface area contributed by atoms with Crippen LogP contribution in [0.2, 0.25) is 0 Å². The first kappa shape index (κ1) is 12.2. The van der Waals surface area contributed by atoms with Crippen molar-refractivity contribution in [1.82, 2.24) is 0 Å². The molecule has 0 unspecified atom stereocenters. The van der Waals surface area contributed by atoms with Crippen molar-refractivity contribution < 1.29 is 14.6 Å². The smallest absolute Gasteiger partial charge is 0.310 e. The third kappa shape index (κ3) is 1.70. The van der Waals surface area contributed by atoms with E-state index in [1.807, 2.05) is 0 Å². The molecular formula is C16H24O3. The number of hydrogen-bond donors (Lipinski definition) is 1. The van der Waals surface area contributed by atoms with Crippen LogP contribution in [0.4, 0.5) is 0 Å². The molecule has 106 valence electrons. The van der Waals surface area contributed by atoms with Crippen LogP contribution in [0.3, 0.4) is 0 Å². The molecule has 1 saturated heterocycles. The Hall–Kier alpha value is -0.570. The van der Waals surface area contributed by atoms with Gasteiger partial charge in [0.15, 0.2) is 0 Å². The highest BCUT2D eigenvalue weighted by Gasteiger charge is 2.58. The second-order valence-corrected chi connectivity index (χ2v) is 7.53. The standard InChI is InChI=1S/C16H24O3/c17-15(18)16(1-3-19-4-2-16)14-12-6-10-5-11(8-12)9-13(14)7-10/h10-14H,1-9H2,(H,17,18). The second-order valence-electron chi connectivity index (χ2n) is 7.53. The minimum absolute atomic E-state index is 0.446. The molecule has 4 bridgehead atoms. The number of carboxylic acids is 1. The van der Waals surface area contributed by atoms with E-state index in [4.69, 9.17) is 4.74 Å². The maximum absolute atomic E-state index is 12.0. The summed E-state index contributed by atoms with van der Waals surface area (Å²) < 4.78 is 5.45. The number of rotatable bonds is 2. The summed E-state index contributed by atoms with van der Waals surface area (Å²) in [5.74, 6) is 3.15. The first-order chi connectivity index (χ1) is 9.19. The van der Waals surface area contributed by atoms with E-state index < -0.39 is 11.4 Å². The third-order valence-electron chi connectivity index (χ3n) is 6.68. The van der Waals surface area contributed by atoms with Crippen LogP contribution in [0.5, 0.6) is 0 Å². The molecule has 4 saturated carbocycles. The molecule has 19 heavy (non-hydrogen) atoms. The number of ether oxygens (including phenoxy) is 1. The Bertz CT molecular complexity index is 355. The van der Waals surface area contributed by atoms with Crippen LogP contribution in [0.15, 0.2) is 0 Å². The molecule has 0 aromatic carbocycles. The number of carboxylic acid groups (broad SMARTS) is 1. The van der Waals surface area contributed by atoms with Gasteiger partial charge in [-0.3, -0.25) is 4.79 Å². The molecule has 0 atom stereocenters. The van der Waals surface area contributed by atoms with E-state index in [9.17, 15) is 9.90 Å². The Morgan fingerprint density at radius 2 is 1.47 bits per heavy atom. The Balaban J connectivity index is 1.68. The maximum Gasteiger partial charge on any atom is 0.310 e. The minimum Gasteiger partial charge on any atom is -0.481 e. The van der Waals surface area contributed by atoms with Crippen molar-refractivity contribution in [2.24, 2.45) is 35.0 Å². The monoisotopic (exact) mass is 264 g/mol. The van der Waals surface area contributed by atoms with Crippen LogP contribution in [0.1, 0.15) is 44.9 Å². The van der Waals surface area contributed by atoms with Gasteiger partial charge in [-0.25, -0.2) is 0 Å². The fourth-order valence-electron chi connectivity index (χ4n) is 6.25. The Morgan fingerprint density at radius 3 is 1.95 bits per heavy atom. The molecule has 3 nitrogen and oxygen atoms in total. The zero-order valence-electron chi connectivity index (χ0n) is 11.5. The van der Waals surface area contributed by atoms with Crippen molar-refractivity contribution in [3.8, 4) is 0 Å². The summed E-state index contributed by atoms with van der Waals surface area (Å²) in [7, 11) is 0. The Kier molecular flexibility index (Phi) is 2.70. The van der Waals surface area contributed by atoms with Crippen molar-refractivity contribution >= 4 is 5.97 Å². The summed E-state index contributed by atoms with van der Waals surface area (Å²) in [6, 6.07) is 0. The number of carbonyl (C=O) groups is 1. The van der Waals surface area contributed by atoms with E-state index in [0.717, 1.165) is 24.7 Å². The van der Waals surface area contributed by atoms with Gasteiger partial charge in [0.05, 0.1) is 5.41 Å². The van der Waals surface area contributed by atoms with Gasteiger partial charge in [0.25, 0.3) is 0 Å². The van der Waals surface area contributed by atoms with Crippen LogP contribution >= 0.6 is 0 Å². The van der Waals surface area contributed by atoms with Crippen LogP contribution in [-0.4, -0.2) is 24.3 Å². The van der Waals surface area contributed by atoms with E-state index >= 15 is 0 Å². The first-order valence-electron chi connectivity index (χ1n) is 8.00. The predicted molar refractivity (Wildman–Crippen MR) is 70.7 cm³/mol. The lowest BCUT2D eigenvalue weighted by Crippen LogP contribution is -2.56. The highest BCUT2D eigenvalue weighted by molar-refractivity contribution is 5.75. The topological polar surface area (TPSA) is 46.5 Å². The van der Waals surface area contributed by atoms with Gasteiger partial charge in [-0.1, -0.05) is 0 Å². The number of aliphatic carboxylic acids is 1. The third-order valence-corrected chi connectivity index (χ3v) is 6.68. The molecule has 4 aliphatic carbocycles. The zero-order chi connectivity index (χ0) is 13.0. The SMILES string of the molecule is O=C(O)C1(C2C3CC4CC(C3)CC2C4)CCOCC1. The molecule has 0 radical (unpaired) electrons. The van der Waals surface area contributed by atoms with E-state index in [2.05, 4.69) is 0 Å². The van der Waals surface area contributed by atoms with Gasteiger partial charge in [0.2, 0.25) is 0 Å². The second kappa shape index (κ2) is 4.21. The van der Waals surface area contributed by atoms with Crippen molar-refractivity contribution in [3.63, 3.8) is 0 Å². The molecule has 1 N–H and O–H groups in total. The summed E-state index contributed by atoms with van der Waals surface area (Å²) in [6.07, 6.45) is 8.18. The van der Waals surface area contributed by atoms with Crippen LogP contribution < -0.4 is 0 Å². The molecule has 0 aromatic rings. The predicted octanol–water partition coefficient (Wildman–Crippen LogP) is 2.94. The fraction of sp³-hybridized carbons (Fsp3) is 0.938. The quantitative estimate of drug-likeness (QED) is 0.834. The first-order valence-corrected chi connectivity index (χ1v) is 8.00. The van der Waals surface area contributed by atoms with Crippen molar-refractivity contribution in [1.29, 1.82) is 0 Å². The highest BCUT2D eigenvalue weighted by Crippen LogP contribution is 2.62. The lowest BCUT2D eigenvalue weighted by atomic mass is 9.45. The highest BCUT2D eigenvalue weighted by atomic mass is 16.5. The zero-order valence-corrected chi connectivity index (χ0v) is 11.5. The van der Waals surface area contributed by atoms with Gasteiger partial charge < -0.3 is 9.84 Å². The molecular weight excluding hydrogens is 240 g/mol. The Morgan fingerprint density at radius 1 is 0.947 bits per heavy atom. The van der Waals surface area contributed by atoms with Gasteiger partial charge >= 0.3 is 5.97 Å². The average molecular weight is 264 g/mol. The molecule has 1 heterocycles. The van der Waals surface area contributed by atoms with Gasteiger partial charge in [0, 0.05) is 13.2 Å². The molecule has 0 aromatic heterocycles. The van der Waals surface area contributed by atoms with Gasteiger partial charge in [-0.2, -0.15) is 0 Å². The Labute approximate surface area is 114 Å². The van der Waals surface area contributed by atoms with E-state index in [0.29, 0.717) is 31.0 Å². The lowest BCUT2D eigenvalue weighted by molar-refractivity contribution is -0.179. The van der Waals surface area contributed by atoms with E-state index in [1.165, 1.54) is 32.1 Å². The van der Waals surface area contributed by atoms with Gasteiger partial charge in [0.1, 0.15) is 0 Å². The molecule has 5 rings (SSSR count). The van der Waals surface area contributed by atoms with Gasteiger partial charge in [-0.05, 0) is 74.5 Å². The molecule has 0 spiro atoms. The van der Waals surface area contributed by atoms with Crippen LogP contribution in [0.25, 0.3) is 0 Å². The summed E-state index contributed by atoms with van der Waals surface area (Å²) in [6.45, 7) is 1.30. The lowest BCUT2D eigenvalue weighted by Gasteiger charge is -2.59. The molecule has 1 aliphatic heterocycles. The number of hydrogen-bond acceptors (Lipinski definition) is 2. The van der Waals surface area contributed by atoms with Gasteiger partial charge in [-0.15, -0.1) is 0 Å². The van der Waals surface area contributed by atoms with Crippen LogP contribution in [0, 0.1) is 35.0 Å². The van der Waals surface area contributed by atoms with Crippen molar-refractivity contribution in [2.75, 3.05) is 13.2 Å². The molecule has 3 heteroatoms. The van der Waals surface area contributed by atoms with Crippen LogP contribution in [-0.2, 0) is 9.53 Å². The normalized spacial score (nSPS) is 47.3. The van der Waals surface area contributed by atoms with E-state index in [1.54, 1.807) is 0 Å². The summed E-state index contributed by atoms with van der Waals surface area (Å²) >= 11 is 0. The largest absolute Gasteiger partial charge is 0.481 e. The molecule has 5 aliphatic rings. The average Bonchev–Trinajstić information content (AvgIpc) is 2.38.